The summed E-state index contributed by atoms with van der Waals surface area (Å²) < 4.78 is 0. The van der Waals surface area contributed by atoms with Gasteiger partial charge in [0.05, 0.1) is 0 Å². The van der Waals surface area contributed by atoms with Crippen LogP contribution >= 0.6 is 0 Å². The van der Waals surface area contributed by atoms with E-state index < -0.39 is 0 Å². The Hall–Kier alpha value is -1.91. The summed E-state index contributed by atoms with van der Waals surface area (Å²) in [5, 5.41) is 2.80. The summed E-state index contributed by atoms with van der Waals surface area (Å²) in [6.45, 7) is 7.42. The maximum Gasteiger partial charge on any atom is 0.272 e. The largest absolute Gasteiger partial charge is 0.350 e. The van der Waals surface area contributed by atoms with Crippen LogP contribution in [0.5, 0.6) is 0 Å². The molecule has 0 unspecified atom stereocenters. The van der Waals surface area contributed by atoms with Crippen LogP contribution in [-0.2, 0) is 0 Å². The molecule has 21 heavy (non-hydrogen) atoms. The number of unbranched alkanes of at least 4 members (excludes halogenated alkanes) is 1. The minimum atomic E-state index is -0.241. The quantitative estimate of drug-likeness (QED) is 0.838. The lowest BCUT2D eigenvalue weighted by molar-refractivity contribution is 0.0787. The highest BCUT2D eigenvalue weighted by atomic mass is 16.2. The average molecular weight is 291 g/mol. The number of pyridine rings is 1. The second kappa shape index (κ2) is 8.39. The molecule has 1 aromatic heterocycles. The lowest BCUT2D eigenvalue weighted by atomic mass is 10.2. The maximum atomic E-state index is 12.2. The Morgan fingerprint density at radius 1 is 1.29 bits per heavy atom. The van der Waals surface area contributed by atoms with Crippen LogP contribution in [0, 0.1) is 5.92 Å². The molecule has 0 saturated heterocycles. The first-order valence-corrected chi connectivity index (χ1v) is 7.46. The Kier molecular flexibility index (Phi) is 6.85. The fourth-order valence-electron chi connectivity index (χ4n) is 1.76. The SMILES string of the molecule is CCCCN(C)C(=O)c1cccc(C(=O)NCC(C)C)n1. The van der Waals surface area contributed by atoms with Gasteiger partial charge in [0.15, 0.2) is 0 Å². The van der Waals surface area contributed by atoms with Gasteiger partial charge < -0.3 is 10.2 Å². The predicted molar refractivity (Wildman–Crippen MR) is 83.3 cm³/mol. The van der Waals surface area contributed by atoms with E-state index in [4.69, 9.17) is 0 Å². The van der Waals surface area contributed by atoms with Crippen molar-refractivity contribution in [2.45, 2.75) is 33.6 Å². The van der Waals surface area contributed by atoms with Crippen molar-refractivity contribution in [3.8, 4) is 0 Å². The molecular formula is C16H25N3O2. The first kappa shape index (κ1) is 17.1. The minimum Gasteiger partial charge on any atom is -0.350 e. The summed E-state index contributed by atoms with van der Waals surface area (Å²) in [4.78, 5) is 30.0. The molecule has 5 nitrogen and oxygen atoms in total. The molecule has 1 N–H and O–H groups in total. The summed E-state index contributed by atoms with van der Waals surface area (Å²) in [6, 6.07) is 4.96. The molecular weight excluding hydrogens is 266 g/mol. The predicted octanol–water partition coefficient (Wildman–Crippen LogP) is 2.34. The molecule has 1 heterocycles. The monoisotopic (exact) mass is 291 g/mol. The lowest BCUT2D eigenvalue weighted by Gasteiger charge is -2.16. The Balaban J connectivity index is 2.75. The summed E-state index contributed by atoms with van der Waals surface area (Å²) in [5.74, 6) is -0.0181. The third-order valence-corrected chi connectivity index (χ3v) is 3.07. The van der Waals surface area contributed by atoms with Crippen molar-refractivity contribution in [3.63, 3.8) is 0 Å². The maximum absolute atomic E-state index is 12.2. The van der Waals surface area contributed by atoms with Gasteiger partial charge in [-0.05, 0) is 24.5 Å². The second-order valence-electron chi connectivity index (χ2n) is 5.59. The Morgan fingerprint density at radius 2 is 1.95 bits per heavy atom. The number of carbonyl (C=O) groups excluding carboxylic acids is 2. The number of rotatable bonds is 7. The van der Waals surface area contributed by atoms with Crippen LogP contribution in [0.4, 0.5) is 0 Å². The topological polar surface area (TPSA) is 62.3 Å². The molecule has 2 amide bonds. The van der Waals surface area contributed by atoms with Gasteiger partial charge in [0.2, 0.25) is 0 Å². The number of nitrogens with zero attached hydrogens (tertiary/aromatic N) is 2. The zero-order chi connectivity index (χ0) is 15.8. The van der Waals surface area contributed by atoms with E-state index >= 15 is 0 Å². The molecule has 1 aromatic rings. The average Bonchev–Trinajstić information content (AvgIpc) is 2.49. The number of aromatic nitrogens is 1. The van der Waals surface area contributed by atoms with Crippen LogP contribution in [0.25, 0.3) is 0 Å². The molecule has 0 radical (unpaired) electrons. The molecule has 5 heteroatoms. The van der Waals surface area contributed by atoms with E-state index in [0.29, 0.717) is 24.7 Å². The molecule has 116 valence electrons. The number of hydrogen-bond donors (Lipinski definition) is 1. The normalized spacial score (nSPS) is 10.5. The number of nitrogens with one attached hydrogen (secondary N) is 1. The third-order valence-electron chi connectivity index (χ3n) is 3.07. The van der Waals surface area contributed by atoms with Crippen LogP contribution in [0.1, 0.15) is 54.6 Å². The molecule has 0 aromatic carbocycles. The van der Waals surface area contributed by atoms with Gasteiger partial charge >= 0.3 is 0 Å². The van der Waals surface area contributed by atoms with Gasteiger partial charge in [-0.25, -0.2) is 4.98 Å². The molecule has 0 aliphatic carbocycles. The number of amides is 2. The van der Waals surface area contributed by atoms with Crippen molar-refractivity contribution in [2.75, 3.05) is 20.1 Å². The lowest BCUT2D eigenvalue weighted by Crippen LogP contribution is -2.31. The van der Waals surface area contributed by atoms with Crippen molar-refractivity contribution >= 4 is 11.8 Å². The van der Waals surface area contributed by atoms with E-state index in [1.54, 1.807) is 30.1 Å². The van der Waals surface area contributed by atoms with Crippen molar-refractivity contribution in [3.05, 3.63) is 29.6 Å². The van der Waals surface area contributed by atoms with Crippen molar-refractivity contribution < 1.29 is 9.59 Å². The van der Waals surface area contributed by atoms with E-state index in [2.05, 4.69) is 17.2 Å². The molecule has 1 rings (SSSR count). The second-order valence-corrected chi connectivity index (χ2v) is 5.59. The zero-order valence-electron chi connectivity index (χ0n) is 13.3. The van der Waals surface area contributed by atoms with Gasteiger partial charge in [-0.3, -0.25) is 9.59 Å². The molecule has 0 aliphatic rings. The smallest absolute Gasteiger partial charge is 0.272 e. The van der Waals surface area contributed by atoms with Gasteiger partial charge in [0.25, 0.3) is 11.8 Å². The van der Waals surface area contributed by atoms with E-state index in [9.17, 15) is 9.59 Å². The van der Waals surface area contributed by atoms with Gasteiger partial charge in [0, 0.05) is 20.1 Å². The number of carbonyl (C=O) groups is 2. The molecule has 0 fully saturated rings. The van der Waals surface area contributed by atoms with Gasteiger partial charge in [0.1, 0.15) is 11.4 Å². The minimum absolute atomic E-state index is 0.151. The molecule has 0 aliphatic heterocycles. The van der Waals surface area contributed by atoms with E-state index in [-0.39, 0.29) is 17.5 Å². The summed E-state index contributed by atoms with van der Waals surface area (Å²) in [7, 11) is 1.76. The standard InChI is InChI=1S/C16H25N3O2/c1-5-6-10-19(4)16(21)14-9-7-8-13(18-14)15(20)17-11-12(2)3/h7-9,12H,5-6,10-11H2,1-4H3,(H,17,20). The van der Waals surface area contributed by atoms with E-state index in [0.717, 1.165) is 12.8 Å². The van der Waals surface area contributed by atoms with Crippen LogP contribution in [0.2, 0.25) is 0 Å². The van der Waals surface area contributed by atoms with Crippen LogP contribution in [0.3, 0.4) is 0 Å². The van der Waals surface area contributed by atoms with Crippen LogP contribution in [0.15, 0.2) is 18.2 Å². The fourth-order valence-corrected chi connectivity index (χ4v) is 1.76. The fraction of sp³-hybridized carbons (Fsp3) is 0.562. The van der Waals surface area contributed by atoms with Crippen LogP contribution < -0.4 is 5.32 Å². The highest BCUT2D eigenvalue weighted by molar-refractivity contribution is 5.96. The third kappa shape index (κ3) is 5.53. The van der Waals surface area contributed by atoms with Crippen molar-refractivity contribution in [1.29, 1.82) is 0 Å². The molecule has 0 spiro atoms. The van der Waals surface area contributed by atoms with Crippen molar-refractivity contribution in [2.24, 2.45) is 5.92 Å². The molecule has 0 bridgehead atoms. The summed E-state index contributed by atoms with van der Waals surface area (Å²) in [6.07, 6.45) is 1.99. The van der Waals surface area contributed by atoms with Gasteiger partial charge in [-0.2, -0.15) is 0 Å². The van der Waals surface area contributed by atoms with Gasteiger partial charge in [-0.15, -0.1) is 0 Å². The Morgan fingerprint density at radius 3 is 2.57 bits per heavy atom. The summed E-state index contributed by atoms with van der Waals surface area (Å²) >= 11 is 0. The van der Waals surface area contributed by atoms with Crippen molar-refractivity contribution in [1.82, 2.24) is 15.2 Å². The highest BCUT2D eigenvalue weighted by Crippen LogP contribution is 2.04. The first-order valence-electron chi connectivity index (χ1n) is 7.46. The Labute approximate surface area is 126 Å². The molecule has 0 saturated carbocycles. The number of hydrogen-bond acceptors (Lipinski definition) is 3. The first-order chi connectivity index (χ1) is 9.95. The van der Waals surface area contributed by atoms with Crippen LogP contribution in [-0.4, -0.2) is 41.8 Å². The molecule has 0 atom stereocenters. The van der Waals surface area contributed by atoms with E-state index in [1.165, 1.54) is 0 Å². The zero-order valence-corrected chi connectivity index (χ0v) is 13.3. The summed E-state index contributed by atoms with van der Waals surface area (Å²) in [5.41, 5.74) is 0.594. The highest BCUT2D eigenvalue weighted by Gasteiger charge is 2.15. The van der Waals surface area contributed by atoms with Gasteiger partial charge in [-0.1, -0.05) is 33.3 Å². The Bertz CT molecular complexity index is 486. The van der Waals surface area contributed by atoms with E-state index in [1.807, 2.05) is 13.8 Å².